The van der Waals surface area contributed by atoms with Crippen LogP contribution in [0.5, 0.6) is 0 Å². The number of hydrogen-bond acceptors (Lipinski definition) is 4. The van der Waals surface area contributed by atoms with Gasteiger partial charge in [0.05, 0.1) is 11.3 Å². The first-order valence-electron chi connectivity index (χ1n) is 10.3. The van der Waals surface area contributed by atoms with Gasteiger partial charge in [-0.2, -0.15) is 0 Å². The van der Waals surface area contributed by atoms with Crippen LogP contribution in [0.3, 0.4) is 0 Å². The number of nitrogens with zero attached hydrogens (tertiary/aromatic N) is 3. The smallest absolute Gasteiger partial charge is 0.230 e. The first-order chi connectivity index (χ1) is 13.7. The van der Waals surface area contributed by atoms with Gasteiger partial charge in [-0.1, -0.05) is 56.0 Å². The monoisotopic (exact) mass is 402 g/mol. The number of aromatic nitrogens is 3. The Morgan fingerprint density at radius 3 is 2.54 bits per heavy atom. The summed E-state index contributed by atoms with van der Waals surface area (Å²) in [6.45, 7) is 0. The third kappa shape index (κ3) is 4.40. The van der Waals surface area contributed by atoms with E-state index in [-0.39, 0.29) is 17.8 Å². The minimum Gasteiger partial charge on any atom is -0.353 e. The molecule has 0 spiro atoms. The minimum atomic E-state index is -0.289. The summed E-state index contributed by atoms with van der Waals surface area (Å²) >= 11 is 1.41. The van der Waals surface area contributed by atoms with Crippen molar-refractivity contribution in [1.29, 1.82) is 0 Å². The molecule has 2 saturated carbocycles. The highest BCUT2D eigenvalue weighted by Gasteiger charge is 2.26. The number of halogens is 1. The van der Waals surface area contributed by atoms with E-state index in [2.05, 4.69) is 20.1 Å². The van der Waals surface area contributed by atoms with E-state index in [4.69, 9.17) is 0 Å². The zero-order valence-electron chi connectivity index (χ0n) is 16.1. The van der Waals surface area contributed by atoms with E-state index in [9.17, 15) is 9.18 Å². The van der Waals surface area contributed by atoms with Crippen LogP contribution in [-0.2, 0) is 4.79 Å². The molecule has 7 heteroatoms. The SMILES string of the molecule is O=C(CSc1nnc(-c2ccccc2F)n1C1CCCCC1)NC1CCCC1. The Hall–Kier alpha value is -1.89. The van der Waals surface area contributed by atoms with Gasteiger partial charge in [-0.05, 0) is 37.8 Å². The highest BCUT2D eigenvalue weighted by molar-refractivity contribution is 7.99. The molecule has 0 radical (unpaired) electrons. The summed E-state index contributed by atoms with van der Waals surface area (Å²) in [5.74, 6) is 0.646. The Bertz CT molecular complexity index is 812. The topological polar surface area (TPSA) is 59.8 Å². The maximum atomic E-state index is 14.4. The summed E-state index contributed by atoms with van der Waals surface area (Å²) in [5, 5.41) is 12.5. The average Bonchev–Trinajstić information content (AvgIpc) is 3.37. The fraction of sp³-hybridized carbons (Fsp3) is 0.571. The fourth-order valence-electron chi connectivity index (χ4n) is 4.34. The number of amides is 1. The van der Waals surface area contributed by atoms with E-state index in [0.717, 1.165) is 38.5 Å². The van der Waals surface area contributed by atoms with E-state index in [1.165, 1.54) is 37.1 Å². The standard InChI is InChI=1S/C21H27FN4OS/c22-18-13-7-6-12-17(18)20-24-25-21(26(20)16-10-2-1-3-11-16)28-14-19(27)23-15-8-4-5-9-15/h6-7,12-13,15-16H,1-5,8-11,14H2,(H,23,27). The summed E-state index contributed by atoms with van der Waals surface area (Å²) in [6.07, 6.45) is 10.2. The van der Waals surface area contributed by atoms with Crippen LogP contribution in [-0.4, -0.2) is 32.5 Å². The molecule has 1 amide bonds. The molecule has 0 unspecified atom stereocenters. The first kappa shape index (κ1) is 19.4. The van der Waals surface area contributed by atoms with Gasteiger partial charge in [0.2, 0.25) is 5.91 Å². The van der Waals surface area contributed by atoms with Crippen LogP contribution in [0, 0.1) is 5.82 Å². The number of nitrogens with one attached hydrogen (secondary N) is 1. The maximum absolute atomic E-state index is 14.4. The van der Waals surface area contributed by atoms with Crippen LogP contribution in [0.4, 0.5) is 4.39 Å². The predicted octanol–water partition coefficient (Wildman–Crippen LogP) is 4.74. The van der Waals surface area contributed by atoms with Crippen molar-refractivity contribution >= 4 is 17.7 Å². The van der Waals surface area contributed by atoms with Gasteiger partial charge in [0.15, 0.2) is 11.0 Å². The molecular formula is C21H27FN4OS. The summed E-state index contributed by atoms with van der Waals surface area (Å²) < 4.78 is 16.5. The lowest BCUT2D eigenvalue weighted by Gasteiger charge is -2.25. The minimum absolute atomic E-state index is 0.0440. The Morgan fingerprint density at radius 1 is 1.07 bits per heavy atom. The number of hydrogen-bond donors (Lipinski definition) is 1. The number of thioether (sulfide) groups is 1. The molecule has 5 nitrogen and oxygen atoms in total. The molecule has 2 aromatic rings. The molecule has 2 aliphatic rings. The zero-order valence-corrected chi connectivity index (χ0v) is 16.9. The Labute approximate surface area is 169 Å². The summed E-state index contributed by atoms with van der Waals surface area (Å²) in [5.41, 5.74) is 0.475. The third-order valence-electron chi connectivity index (χ3n) is 5.77. The molecular weight excluding hydrogens is 375 g/mol. The van der Waals surface area contributed by atoms with E-state index in [1.807, 2.05) is 6.07 Å². The highest BCUT2D eigenvalue weighted by atomic mass is 32.2. The quantitative estimate of drug-likeness (QED) is 0.709. The molecule has 1 aromatic carbocycles. The Morgan fingerprint density at radius 2 is 1.79 bits per heavy atom. The second-order valence-corrected chi connectivity index (χ2v) is 8.73. The number of benzene rings is 1. The van der Waals surface area contributed by atoms with Crippen molar-refractivity contribution in [3.8, 4) is 11.4 Å². The van der Waals surface area contributed by atoms with Crippen molar-refractivity contribution in [3.63, 3.8) is 0 Å². The lowest BCUT2D eigenvalue weighted by Crippen LogP contribution is -2.33. The molecule has 2 fully saturated rings. The number of carbonyl (C=O) groups is 1. The molecule has 28 heavy (non-hydrogen) atoms. The van der Waals surface area contributed by atoms with Gasteiger partial charge in [0.1, 0.15) is 5.82 Å². The maximum Gasteiger partial charge on any atom is 0.230 e. The molecule has 0 aliphatic heterocycles. The van der Waals surface area contributed by atoms with Gasteiger partial charge in [0.25, 0.3) is 0 Å². The van der Waals surface area contributed by atoms with Crippen molar-refractivity contribution in [2.24, 2.45) is 0 Å². The lowest BCUT2D eigenvalue weighted by atomic mass is 9.95. The predicted molar refractivity (Wildman–Crippen MR) is 109 cm³/mol. The van der Waals surface area contributed by atoms with Crippen molar-refractivity contribution in [2.75, 3.05) is 5.75 Å². The fourth-order valence-corrected chi connectivity index (χ4v) is 5.16. The molecule has 0 bridgehead atoms. The largest absolute Gasteiger partial charge is 0.353 e. The number of rotatable bonds is 6. The van der Waals surface area contributed by atoms with Gasteiger partial charge < -0.3 is 5.32 Å². The second-order valence-electron chi connectivity index (χ2n) is 7.79. The molecule has 1 aromatic heterocycles. The van der Waals surface area contributed by atoms with E-state index < -0.39 is 0 Å². The van der Waals surface area contributed by atoms with Crippen molar-refractivity contribution in [2.45, 2.75) is 75.0 Å². The first-order valence-corrected chi connectivity index (χ1v) is 11.3. The molecule has 1 heterocycles. The summed E-state index contributed by atoms with van der Waals surface area (Å²) in [6, 6.07) is 7.29. The van der Waals surface area contributed by atoms with Crippen LogP contribution in [0.1, 0.15) is 63.8 Å². The van der Waals surface area contributed by atoms with Crippen molar-refractivity contribution < 1.29 is 9.18 Å². The Balaban J connectivity index is 1.54. The van der Waals surface area contributed by atoms with Gasteiger partial charge in [-0.3, -0.25) is 9.36 Å². The van der Waals surface area contributed by atoms with Crippen LogP contribution >= 0.6 is 11.8 Å². The average molecular weight is 403 g/mol. The molecule has 2 aliphatic carbocycles. The van der Waals surface area contributed by atoms with Crippen molar-refractivity contribution in [1.82, 2.24) is 20.1 Å². The molecule has 0 saturated heterocycles. The summed E-state index contributed by atoms with van der Waals surface area (Å²) in [4.78, 5) is 12.3. The lowest BCUT2D eigenvalue weighted by molar-refractivity contribution is -0.119. The van der Waals surface area contributed by atoms with Gasteiger partial charge in [-0.15, -0.1) is 10.2 Å². The van der Waals surface area contributed by atoms with Crippen LogP contribution < -0.4 is 5.32 Å². The Kier molecular flexibility index (Phi) is 6.29. The third-order valence-corrected chi connectivity index (χ3v) is 6.71. The van der Waals surface area contributed by atoms with Crippen molar-refractivity contribution in [3.05, 3.63) is 30.1 Å². The normalized spacial score (nSPS) is 18.5. The van der Waals surface area contributed by atoms with Gasteiger partial charge in [0, 0.05) is 12.1 Å². The van der Waals surface area contributed by atoms with E-state index in [1.54, 1.807) is 12.1 Å². The van der Waals surface area contributed by atoms with Gasteiger partial charge in [-0.25, -0.2) is 4.39 Å². The molecule has 0 atom stereocenters. The molecule has 150 valence electrons. The zero-order chi connectivity index (χ0) is 19.3. The summed E-state index contributed by atoms with van der Waals surface area (Å²) in [7, 11) is 0. The van der Waals surface area contributed by atoms with E-state index >= 15 is 0 Å². The molecule has 4 rings (SSSR count). The van der Waals surface area contributed by atoms with Gasteiger partial charge >= 0.3 is 0 Å². The van der Waals surface area contributed by atoms with Crippen LogP contribution in [0.25, 0.3) is 11.4 Å². The van der Waals surface area contributed by atoms with Crippen LogP contribution in [0.15, 0.2) is 29.4 Å². The second kappa shape index (κ2) is 9.07. The van der Waals surface area contributed by atoms with E-state index in [0.29, 0.717) is 28.3 Å². The molecule has 1 N–H and O–H groups in total. The highest BCUT2D eigenvalue weighted by Crippen LogP contribution is 2.36. The number of carbonyl (C=O) groups excluding carboxylic acids is 1. The van der Waals surface area contributed by atoms with Crippen LogP contribution in [0.2, 0.25) is 0 Å².